The monoisotopic (exact) mass is 382 g/mol. The smallest absolute Gasteiger partial charge is 0.354 e. The van der Waals surface area contributed by atoms with Crippen molar-refractivity contribution in [2.24, 2.45) is 0 Å². The molecule has 0 bridgehead atoms. The van der Waals surface area contributed by atoms with Crippen molar-refractivity contribution < 1.29 is 9.90 Å². The summed E-state index contributed by atoms with van der Waals surface area (Å²) < 4.78 is 1.67. The number of rotatable bonds is 8. The molecule has 4 rings (SSSR count). The van der Waals surface area contributed by atoms with Gasteiger partial charge in [-0.2, -0.15) is 5.10 Å². The number of hydrogen-bond acceptors (Lipinski definition) is 5. The summed E-state index contributed by atoms with van der Waals surface area (Å²) in [5.74, 6) is -0.896. The van der Waals surface area contributed by atoms with Crippen molar-refractivity contribution >= 4 is 17.3 Å². The molecule has 0 saturated carbocycles. The second-order valence-electron chi connectivity index (χ2n) is 6.67. The summed E-state index contributed by atoms with van der Waals surface area (Å²) >= 11 is 1.77. The number of aromatic carboxylic acids is 1. The van der Waals surface area contributed by atoms with Gasteiger partial charge >= 0.3 is 5.97 Å². The van der Waals surface area contributed by atoms with E-state index in [1.165, 1.54) is 4.88 Å². The quantitative estimate of drug-likeness (QED) is 0.586. The normalized spacial score (nSPS) is 12.6. The summed E-state index contributed by atoms with van der Waals surface area (Å²) in [6.07, 6.45) is 6.98. The van der Waals surface area contributed by atoms with Crippen LogP contribution in [0.4, 0.5) is 0 Å². The summed E-state index contributed by atoms with van der Waals surface area (Å²) in [7, 11) is 0. The number of thiophene rings is 1. The maximum Gasteiger partial charge on any atom is 0.354 e. The minimum absolute atomic E-state index is 0.339. The van der Waals surface area contributed by atoms with Crippen LogP contribution in [0.25, 0.3) is 11.3 Å². The first-order chi connectivity index (χ1) is 13.2. The first-order valence-electron chi connectivity index (χ1n) is 9.23. The van der Waals surface area contributed by atoms with Crippen LogP contribution in [0, 0.1) is 0 Å². The van der Waals surface area contributed by atoms with Gasteiger partial charge in [-0.25, -0.2) is 4.79 Å². The number of carboxylic acid groups (broad SMARTS) is 1. The average Bonchev–Trinajstić information content (AvgIpc) is 3.31. The Morgan fingerprint density at radius 2 is 2.22 bits per heavy atom. The van der Waals surface area contributed by atoms with Crippen molar-refractivity contribution in [3.8, 4) is 11.3 Å². The van der Waals surface area contributed by atoms with Gasteiger partial charge in [0, 0.05) is 34.9 Å². The van der Waals surface area contributed by atoms with Crippen molar-refractivity contribution in [2.75, 3.05) is 13.1 Å². The van der Waals surface area contributed by atoms with Gasteiger partial charge in [-0.05, 0) is 61.8 Å². The zero-order chi connectivity index (χ0) is 18.6. The van der Waals surface area contributed by atoms with E-state index < -0.39 is 5.97 Å². The number of nitrogens with zero attached hydrogens (tertiary/aromatic N) is 3. The van der Waals surface area contributed by atoms with Gasteiger partial charge in [0.25, 0.3) is 0 Å². The average molecular weight is 382 g/mol. The Labute approximate surface area is 161 Å². The van der Waals surface area contributed by atoms with E-state index in [0.717, 1.165) is 54.7 Å². The zero-order valence-corrected chi connectivity index (χ0v) is 15.8. The van der Waals surface area contributed by atoms with Gasteiger partial charge in [-0.1, -0.05) is 6.07 Å². The van der Waals surface area contributed by atoms with Gasteiger partial charge in [0.1, 0.15) is 5.69 Å². The SMILES string of the molecule is O=C(O)c1c2c(nn1CCCNCCc1cccs1)-c1ccncc1CC2. The second kappa shape index (κ2) is 8.02. The predicted octanol–water partition coefficient (Wildman–Crippen LogP) is 3.03. The van der Waals surface area contributed by atoms with Crippen LogP contribution in [0.2, 0.25) is 0 Å². The lowest BCUT2D eigenvalue weighted by Gasteiger charge is -2.14. The van der Waals surface area contributed by atoms with Gasteiger partial charge in [0.15, 0.2) is 0 Å². The molecular formula is C20H22N4O2S. The van der Waals surface area contributed by atoms with Gasteiger partial charge < -0.3 is 10.4 Å². The standard InChI is InChI=1S/C20H22N4O2S/c25-20(26)19-17-5-4-14-13-22-10-7-16(14)18(17)23-24(19)11-2-8-21-9-6-15-3-1-12-27-15/h1,3,7,10,12-13,21H,2,4-6,8-9,11H2,(H,25,26). The second-order valence-corrected chi connectivity index (χ2v) is 7.70. The lowest BCUT2D eigenvalue weighted by atomic mass is 9.90. The Kier molecular flexibility index (Phi) is 5.31. The van der Waals surface area contributed by atoms with Gasteiger partial charge in [-0.3, -0.25) is 9.67 Å². The van der Waals surface area contributed by atoms with E-state index in [9.17, 15) is 9.90 Å². The fraction of sp³-hybridized carbons (Fsp3) is 0.350. The molecule has 6 nitrogen and oxygen atoms in total. The van der Waals surface area contributed by atoms with Gasteiger partial charge in [-0.15, -0.1) is 11.3 Å². The highest BCUT2D eigenvalue weighted by Crippen LogP contribution is 2.34. The molecule has 0 radical (unpaired) electrons. The van der Waals surface area contributed by atoms with Crippen molar-refractivity contribution in [1.82, 2.24) is 20.1 Å². The van der Waals surface area contributed by atoms with Crippen LogP contribution in [0.3, 0.4) is 0 Å². The highest BCUT2D eigenvalue weighted by Gasteiger charge is 2.27. The predicted molar refractivity (Wildman–Crippen MR) is 105 cm³/mol. The molecule has 0 amide bonds. The number of nitrogens with one attached hydrogen (secondary N) is 1. The van der Waals surface area contributed by atoms with E-state index in [1.54, 1.807) is 22.2 Å². The van der Waals surface area contributed by atoms with E-state index >= 15 is 0 Å². The van der Waals surface area contributed by atoms with Crippen molar-refractivity contribution in [2.45, 2.75) is 32.2 Å². The molecule has 0 spiro atoms. The Hall–Kier alpha value is -2.51. The minimum Gasteiger partial charge on any atom is -0.477 e. The van der Waals surface area contributed by atoms with Crippen molar-refractivity contribution in [3.05, 3.63) is 57.7 Å². The first kappa shape index (κ1) is 17.9. The summed E-state index contributed by atoms with van der Waals surface area (Å²) in [6, 6.07) is 6.15. The molecule has 0 atom stereocenters. The molecule has 0 aromatic carbocycles. The summed E-state index contributed by atoms with van der Waals surface area (Å²) in [4.78, 5) is 17.4. The van der Waals surface area contributed by atoms with E-state index in [0.29, 0.717) is 18.7 Å². The molecule has 0 fully saturated rings. The molecule has 3 aromatic rings. The number of carboxylic acids is 1. The Bertz CT molecular complexity index is 934. The highest BCUT2D eigenvalue weighted by atomic mass is 32.1. The molecule has 3 heterocycles. The largest absolute Gasteiger partial charge is 0.477 e. The lowest BCUT2D eigenvalue weighted by molar-refractivity contribution is 0.0681. The van der Waals surface area contributed by atoms with Crippen molar-refractivity contribution in [3.63, 3.8) is 0 Å². The number of aromatic nitrogens is 3. The van der Waals surface area contributed by atoms with E-state index in [2.05, 4.69) is 32.9 Å². The van der Waals surface area contributed by atoms with Crippen LogP contribution in [0.5, 0.6) is 0 Å². The third kappa shape index (κ3) is 3.79. The highest BCUT2D eigenvalue weighted by molar-refractivity contribution is 7.09. The number of carbonyl (C=O) groups is 1. The molecule has 0 saturated heterocycles. The Balaban J connectivity index is 1.41. The van der Waals surface area contributed by atoms with Crippen LogP contribution in [0.15, 0.2) is 36.0 Å². The molecule has 1 aliphatic rings. The Morgan fingerprint density at radius 3 is 3.04 bits per heavy atom. The Morgan fingerprint density at radius 1 is 1.30 bits per heavy atom. The molecule has 140 valence electrons. The van der Waals surface area contributed by atoms with Crippen molar-refractivity contribution in [1.29, 1.82) is 0 Å². The number of fused-ring (bicyclic) bond motifs is 3. The topological polar surface area (TPSA) is 80.0 Å². The maximum atomic E-state index is 11.8. The van der Waals surface area contributed by atoms with Gasteiger partial charge in [0.05, 0.1) is 5.69 Å². The molecule has 27 heavy (non-hydrogen) atoms. The van der Waals surface area contributed by atoms with Crippen LogP contribution < -0.4 is 5.32 Å². The summed E-state index contributed by atoms with van der Waals surface area (Å²) in [6.45, 7) is 2.37. The zero-order valence-electron chi connectivity index (χ0n) is 15.0. The fourth-order valence-corrected chi connectivity index (χ4v) is 4.32. The van der Waals surface area contributed by atoms with E-state index in [1.807, 2.05) is 12.3 Å². The fourth-order valence-electron chi connectivity index (χ4n) is 3.62. The van der Waals surface area contributed by atoms with Crippen LogP contribution in [0.1, 0.15) is 32.9 Å². The molecule has 0 aliphatic heterocycles. The number of pyridine rings is 1. The van der Waals surface area contributed by atoms with Crippen LogP contribution in [-0.2, 0) is 25.8 Å². The third-order valence-corrected chi connectivity index (χ3v) is 5.84. The summed E-state index contributed by atoms with van der Waals surface area (Å²) in [5, 5.41) is 19.9. The molecule has 2 N–H and O–H groups in total. The van der Waals surface area contributed by atoms with E-state index in [4.69, 9.17) is 0 Å². The van der Waals surface area contributed by atoms with E-state index in [-0.39, 0.29) is 0 Å². The lowest BCUT2D eigenvalue weighted by Crippen LogP contribution is -2.21. The summed E-state index contributed by atoms with van der Waals surface area (Å²) in [5.41, 5.74) is 4.16. The number of hydrogen-bond donors (Lipinski definition) is 2. The first-order valence-corrected chi connectivity index (χ1v) is 10.1. The van der Waals surface area contributed by atoms with Gasteiger partial charge in [0.2, 0.25) is 0 Å². The molecule has 1 aliphatic carbocycles. The third-order valence-electron chi connectivity index (χ3n) is 4.91. The molecule has 0 unspecified atom stereocenters. The molecular weight excluding hydrogens is 360 g/mol. The maximum absolute atomic E-state index is 11.8. The minimum atomic E-state index is -0.896. The van der Waals surface area contributed by atoms with Crippen LogP contribution in [-0.4, -0.2) is 38.9 Å². The number of aryl methyl sites for hydroxylation is 2. The molecule has 7 heteroatoms. The van der Waals surface area contributed by atoms with Crippen LogP contribution >= 0.6 is 11.3 Å². The molecule has 3 aromatic heterocycles.